The summed E-state index contributed by atoms with van der Waals surface area (Å²) in [5.41, 5.74) is 14.2. The fourth-order valence-electron chi connectivity index (χ4n) is 7.89. The molecule has 0 radical (unpaired) electrons. The van der Waals surface area contributed by atoms with E-state index in [2.05, 4.69) is 12.2 Å². The van der Waals surface area contributed by atoms with Gasteiger partial charge < -0.3 is 31.2 Å². The average Bonchev–Trinajstić information content (AvgIpc) is 3.23. The number of likely N-dealkylation sites (N-methyl/N-ethyl adjacent to an activating group) is 1. The average molecular weight is 816 g/mol. The first kappa shape index (κ1) is 48.8. The highest BCUT2D eigenvalue weighted by atomic mass is 16.5. The molecule has 0 fully saturated rings. The van der Waals surface area contributed by atoms with Crippen LogP contribution in [0.25, 0.3) is 11.1 Å². The number of nitrogens with one attached hydrogen (secondary N) is 1. The number of methoxy groups -OCH3 is 1. The van der Waals surface area contributed by atoms with Crippen molar-refractivity contribution < 1.29 is 33.4 Å². The first-order valence-corrected chi connectivity index (χ1v) is 21.8. The number of amides is 2. The Morgan fingerprint density at radius 2 is 1.53 bits per heavy atom. The Morgan fingerprint density at radius 3 is 2.15 bits per heavy atom. The topological polar surface area (TPSA) is 195 Å². The minimum Gasteiger partial charge on any atom is -0.496 e. The predicted octanol–water partition coefficient (Wildman–Crippen LogP) is 7.33. The molecule has 0 saturated heterocycles. The Labute approximate surface area is 352 Å². The maximum absolute atomic E-state index is 14.5. The van der Waals surface area contributed by atoms with Crippen molar-refractivity contribution >= 4 is 29.2 Å². The summed E-state index contributed by atoms with van der Waals surface area (Å²) >= 11 is 0. The summed E-state index contributed by atoms with van der Waals surface area (Å²) < 4.78 is 11.9. The molecule has 0 aromatic heterocycles. The number of nitrogens with zero attached hydrogens (tertiary/aromatic N) is 2. The third-order valence-electron chi connectivity index (χ3n) is 11.3. The van der Waals surface area contributed by atoms with Crippen LogP contribution in [0.5, 0.6) is 11.5 Å². The van der Waals surface area contributed by atoms with E-state index in [9.17, 15) is 24.0 Å². The fraction of sp³-hybridized carbons (Fsp3) is 0.617. The highest BCUT2D eigenvalue weighted by Crippen LogP contribution is 2.40. The normalized spacial score (nSPS) is 17.3. The van der Waals surface area contributed by atoms with Gasteiger partial charge in [0.1, 0.15) is 29.9 Å². The number of carbonyl (C=O) groups is 5. The number of Topliss-reactive ketones (excluding diaryl/α,β-unsaturated/α-hetero) is 3. The molecule has 2 aromatic rings. The molecule has 0 spiro atoms. The molecule has 1 aliphatic heterocycles. The van der Waals surface area contributed by atoms with Gasteiger partial charge in [-0.05, 0) is 61.2 Å². The molecular weight excluding hydrogens is 747 g/mol. The Balaban J connectivity index is 1.94. The van der Waals surface area contributed by atoms with Crippen molar-refractivity contribution in [1.82, 2.24) is 10.2 Å². The Kier molecular flexibility index (Phi) is 21.9. The fourth-order valence-corrected chi connectivity index (χ4v) is 7.89. The lowest BCUT2D eigenvalue weighted by atomic mass is 9.88. The van der Waals surface area contributed by atoms with Crippen molar-refractivity contribution in [3.8, 4) is 28.7 Å². The zero-order chi connectivity index (χ0) is 43.2. The summed E-state index contributed by atoms with van der Waals surface area (Å²) in [7, 11) is 3.09. The second-order valence-electron chi connectivity index (χ2n) is 16.0. The number of nitrogens with two attached hydrogens (primary N) is 2. The summed E-state index contributed by atoms with van der Waals surface area (Å²) in [4.78, 5) is 70.6. The van der Waals surface area contributed by atoms with E-state index in [-0.39, 0.29) is 75.7 Å². The van der Waals surface area contributed by atoms with E-state index in [1.165, 1.54) is 57.0 Å². The van der Waals surface area contributed by atoms with Gasteiger partial charge in [-0.2, -0.15) is 5.26 Å². The summed E-state index contributed by atoms with van der Waals surface area (Å²) in [6.45, 7) is 4.49. The zero-order valence-corrected chi connectivity index (χ0v) is 36.0. The molecule has 1 heterocycles. The first-order valence-electron chi connectivity index (χ1n) is 21.8. The number of fused-ring (bicyclic) bond motifs is 5. The number of ether oxygens (including phenoxy) is 2. The van der Waals surface area contributed by atoms with Crippen LogP contribution < -0.4 is 26.3 Å². The van der Waals surface area contributed by atoms with Gasteiger partial charge in [-0.1, -0.05) is 90.2 Å². The van der Waals surface area contributed by atoms with Crippen LogP contribution in [-0.2, 0) is 30.4 Å². The molecule has 12 nitrogen and oxygen atoms in total. The van der Waals surface area contributed by atoms with Gasteiger partial charge in [0, 0.05) is 68.7 Å². The third kappa shape index (κ3) is 15.5. The van der Waals surface area contributed by atoms with Crippen LogP contribution in [0, 0.1) is 23.2 Å². The molecule has 12 heteroatoms. The third-order valence-corrected chi connectivity index (χ3v) is 11.3. The van der Waals surface area contributed by atoms with E-state index in [0.29, 0.717) is 34.6 Å². The van der Waals surface area contributed by atoms with E-state index >= 15 is 0 Å². The number of nitriles is 1. The molecule has 324 valence electrons. The van der Waals surface area contributed by atoms with Gasteiger partial charge >= 0.3 is 0 Å². The first-order chi connectivity index (χ1) is 28.5. The van der Waals surface area contributed by atoms with E-state index in [4.69, 9.17) is 26.2 Å². The molecule has 0 unspecified atom stereocenters. The second-order valence-corrected chi connectivity index (χ2v) is 16.0. The van der Waals surface area contributed by atoms with Crippen LogP contribution in [0.2, 0.25) is 0 Å². The number of carbonyl (C=O) groups excluding carboxylic acids is 5. The predicted molar refractivity (Wildman–Crippen MR) is 231 cm³/mol. The van der Waals surface area contributed by atoms with Crippen molar-refractivity contribution in [2.75, 3.05) is 33.9 Å². The standard InChI is InChI=1S/C47H69N5O7/c1-5-6-7-8-9-10-11-12-13-14-15-17-37(53)31-36(23-25-49)47(57)52(3)45-35-20-22-44(59-27-26-50)39(32-35)38-29-34(19-21-43(38)58-4)30-40(41(54)18-16-24-48)51-46(56)33(2)28-42(45)55/h19-22,29,32-33,36,40,45H,5-18,23,25-28,30-31,49-50H2,1-4H3,(H,51,56)/t33-,36-,40+,45+/m1/s1. The molecule has 5 N–H and O–H groups in total. The molecular formula is C47H69N5O7. The molecule has 2 aromatic carbocycles. The summed E-state index contributed by atoms with van der Waals surface area (Å²) in [5, 5.41) is 12.0. The molecule has 2 amide bonds. The Bertz CT molecular complexity index is 1720. The number of hydrogen-bond acceptors (Lipinski definition) is 10. The number of rotatable bonds is 25. The van der Waals surface area contributed by atoms with Crippen molar-refractivity contribution in [2.24, 2.45) is 23.3 Å². The lowest BCUT2D eigenvalue weighted by Crippen LogP contribution is -2.46. The molecule has 59 heavy (non-hydrogen) atoms. The zero-order valence-electron chi connectivity index (χ0n) is 36.0. The number of benzene rings is 2. The van der Waals surface area contributed by atoms with Gasteiger partial charge in [0.05, 0.1) is 19.2 Å². The van der Waals surface area contributed by atoms with Crippen LogP contribution in [-0.4, -0.2) is 74.0 Å². The van der Waals surface area contributed by atoms with Crippen LogP contribution in [0.4, 0.5) is 0 Å². The smallest absolute Gasteiger partial charge is 0.226 e. The minimum atomic E-state index is -1.13. The van der Waals surface area contributed by atoms with Crippen LogP contribution in [0.1, 0.15) is 140 Å². The summed E-state index contributed by atoms with van der Waals surface area (Å²) in [5.74, 6) is -2.19. The lowest BCUT2D eigenvalue weighted by Gasteiger charge is -2.32. The van der Waals surface area contributed by atoms with Crippen molar-refractivity contribution in [3.05, 3.63) is 47.5 Å². The molecule has 1 aliphatic rings. The minimum absolute atomic E-state index is 0.000111. The largest absolute Gasteiger partial charge is 0.496 e. The molecule has 3 rings (SSSR count). The quantitative estimate of drug-likeness (QED) is 0.0854. The van der Waals surface area contributed by atoms with Gasteiger partial charge in [-0.15, -0.1) is 0 Å². The van der Waals surface area contributed by atoms with Crippen molar-refractivity contribution in [3.63, 3.8) is 0 Å². The highest BCUT2D eigenvalue weighted by Gasteiger charge is 2.36. The van der Waals surface area contributed by atoms with Gasteiger partial charge in [-0.3, -0.25) is 24.0 Å². The van der Waals surface area contributed by atoms with Crippen molar-refractivity contribution in [2.45, 2.75) is 142 Å². The maximum Gasteiger partial charge on any atom is 0.226 e. The number of unbranched alkanes of at least 4 members (excludes halogenated alkanes) is 10. The highest BCUT2D eigenvalue weighted by molar-refractivity contribution is 5.96. The number of ketones is 3. The Morgan fingerprint density at radius 1 is 0.881 bits per heavy atom. The molecule has 0 aliphatic carbocycles. The van der Waals surface area contributed by atoms with E-state index in [1.807, 2.05) is 18.2 Å². The summed E-state index contributed by atoms with van der Waals surface area (Å²) in [6.07, 6.45) is 13.5. The number of hydrogen-bond donors (Lipinski definition) is 3. The van der Waals surface area contributed by atoms with Crippen LogP contribution >= 0.6 is 0 Å². The van der Waals surface area contributed by atoms with Gasteiger partial charge in [0.25, 0.3) is 0 Å². The van der Waals surface area contributed by atoms with Gasteiger partial charge in [0.15, 0.2) is 11.6 Å². The van der Waals surface area contributed by atoms with Gasteiger partial charge in [0.2, 0.25) is 11.8 Å². The van der Waals surface area contributed by atoms with E-state index in [1.54, 1.807) is 38.2 Å². The van der Waals surface area contributed by atoms with Crippen molar-refractivity contribution in [1.29, 1.82) is 5.26 Å². The van der Waals surface area contributed by atoms with Crippen LogP contribution in [0.15, 0.2) is 36.4 Å². The second kappa shape index (κ2) is 26.5. The van der Waals surface area contributed by atoms with E-state index in [0.717, 1.165) is 31.2 Å². The van der Waals surface area contributed by atoms with Crippen LogP contribution in [0.3, 0.4) is 0 Å². The molecule has 0 saturated carbocycles. The van der Waals surface area contributed by atoms with Gasteiger partial charge in [-0.25, -0.2) is 0 Å². The monoisotopic (exact) mass is 816 g/mol. The SMILES string of the molecule is CCCCCCCCCCCCCC(=O)C[C@@H](CCN)C(=O)N(C)[C@@H]1C(=O)C[C@@H](C)C(=O)N[C@H](C(=O)CCC#N)Cc2ccc(OC)c(c2)-c2cc1ccc2OCCN. The van der Waals surface area contributed by atoms with E-state index < -0.39 is 35.6 Å². The Hall–Kier alpha value is -4.60. The summed E-state index contributed by atoms with van der Waals surface area (Å²) in [6, 6.07) is 10.6. The molecule has 4 atom stereocenters. The lowest BCUT2D eigenvalue weighted by molar-refractivity contribution is -0.143. The maximum atomic E-state index is 14.5. The molecule has 4 bridgehead atoms.